The monoisotopic (exact) mass is 468 g/mol. The Labute approximate surface area is 171 Å². The number of nitrogens with zero attached hydrogens (tertiary/aromatic N) is 1. The molecule has 138 valence electrons. The van der Waals surface area contributed by atoms with Crippen molar-refractivity contribution in [3.05, 3.63) is 73.0 Å². The lowest BCUT2D eigenvalue weighted by Gasteiger charge is -2.06. The molecule has 0 aliphatic rings. The van der Waals surface area contributed by atoms with Gasteiger partial charge in [0.05, 0.1) is 26.7 Å². The Hall–Kier alpha value is -2.35. The minimum absolute atomic E-state index is 0.132. The maximum Gasteiger partial charge on any atom is 0.277 e. The molecule has 1 N–H and O–H groups in total. The van der Waals surface area contributed by atoms with E-state index in [1.54, 1.807) is 18.2 Å². The Bertz CT molecular complexity index is 1100. The van der Waals surface area contributed by atoms with Crippen LogP contribution in [0.1, 0.15) is 5.56 Å². The smallest absolute Gasteiger partial charge is 0.277 e. The van der Waals surface area contributed by atoms with Gasteiger partial charge < -0.3 is 9.15 Å². The zero-order valence-corrected chi connectivity index (χ0v) is 16.6. The van der Waals surface area contributed by atoms with Gasteiger partial charge in [0.1, 0.15) is 12.0 Å². The number of para-hydroxylation sites is 1. The molecule has 1 amide bonds. The lowest BCUT2D eigenvalue weighted by molar-refractivity contribution is -0.123. The van der Waals surface area contributed by atoms with Crippen LogP contribution in [0.4, 0.5) is 0 Å². The fourth-order valence-corrected chi connectivity index (χ4v) is 3.12. The fourth-order valence-electron chi connectivity index (χ4n) is 2.18. The quantitative estimate of drug-likeness (QED) is 0.443. The van der Waals surface area contributed by atoms with Crippen LogP contribution < -0.4 is 15.6 Å². The maximum absolute atomic E-state index is 12.4. The molecule has 1 aromatic heterocycles. The zero-order valence-electron chi connectivity index (χ0n) is 13.5. The van der Waals surface area contributed by atoms with Gasteiger partial charge in [-0.3, -0.25) is 9.59 Å². The molecule has 0 aliphatic carbocycles. The van der Waals surface area contributed by atoms with E-state index in [4.69, 9.17) is 32.4 Å². The molecule has 0 bridgehead atoms. The minimum Gasteiger partial charge on any atom is -0.483 e. The molecule has 3 aromatic rings. The molecule has 0 aliphatic heterocycles. The first-order valence-corrected chi connectivity index (χ1v) is 9.10. The topological polar surface area (TPSA) is 80.9 Å². The van der Waals surface area contributed by atoms with E-state index in [2.05, 4.69) is 26.5 Å². The Morgan fingerprint density at radius 3 is 2.85 bits per heavy atom. The number of carbonyl (C=O) groups is 1. The molecule has 3 rings (SSSR count). The molecule has 0 unspecified atom stereocenters. The van der Waals surface area contributed by atoms with Gasteiger partial charge in [0.15, 0.2) is 12.2 Å². The molecule has 0 fully saturated rings. The van der Waals surface area contributed by atoms with Gasteiger partial charge in [-0.25, -0.2) is 5.43 Å². The van der Waals surface area contributed by atoms with Crippen LogP contribution in [0.3, 0.4) is 0 Å². The number of benzene rings is 2. The van der Waals surface area contributed by atoms with E-state index in [-0.39, 0.29) is 33.6 Å². The largest absolute Gasteiger partial charge is 0.483 e. The van der Waals surface area contributed by atoms with Crippen molar-refractivity contribution >= 4 is 62.2 Å². The van der Waals surface area contributed by atoms with E-state index in [0.29, 0.717) is 10.8 Å². The number of amides is 1. The average Bonchev–Trinajstić information content (AvgIpc) is 2.63. The molecule has 0 saturated heterocycles. The number of rotatable bonds is 5. The van der Waals surface area contributed by atoms with Crippen LogP contribution in [-0.4, -0.2) is 18.7 Å². The third-order valence-electron chi connectivity index (χ3n) is 3.41. The fraction of sp³-hybridized carbons (Fsp3) is 0.0556. The van der Waals surface area contributed by atoms with Crippen molar-refractivity contribution in [2.24, 2.45) is 5.10 Å². The van der Waals surface area contributed by atoms with E-state index in [1.165, 1.54) is 24.6 Å². The van der Waals surface area contributed by atoms with Crippen molar-refractivity contribution in [1.29, 1.82) is 0 Å². The standard InChI is InChI=1S/C18H11BrCl2N2O4/c19-13-3-1-2-4-15(13)26-9-16(24)23-22-7-10-8-27-18-12(17(10)25)5-11(20)6-14(18)21/h1-8H,9H2,(H,23,24). The summed E-state index contributed by atoms with van der Waals surface area (Å²) in [6, 6.07) is 10.1. The van der Waals surface area contributed by atoms with Gasteiger partial charge in [0, 0.05) is 5.02 Å². The van der Waals surface area contributed by atoms with Crippen LogP contribution in [-0.2, 0) is 4.79 Å². The second kappa shape index (κ2) is 8.56. The molecular formula is C18H11BrCl2N2O4. The van der Waals surface area contributed by atoms with Crippen LogP contribution in [0.15, 0.2) is 61.4 Å². The summed E-state index contributed by atoms with van der Waals surface area (Å²) in [6.45, 7) is -0.239. The second-order valence-corrected chi connectivity index (χ2v) is 6.99. The molecule has 27 heavy (non-hydrogen) atoms. The van der Waals surface area contributed by atoms with Crippen LogP contribution in [0.25, 0.3) is 11.0 Å². The molecule has 0 saturated carbocycles. The number of nitrogens with one attached hydrogen (secondary N) is 1. The van der Waals surface area contributed by atoms with Crippen molar-refractivity contribution in [3.8, 4) is 5.75 Å². The van der Waals surface area contributed by atoms with Crippen LogP contribution in [0.5, 0.6) is 5.75 Å². The molecule has 1 heterocycles. The Morgan fingerprint density at radius 1 is 1.30 bits per heavy atom. The number of halogens is 3. The third kappa shape index (κ3) is 4.68. The summed E-state index contributed by atoms with van der Waals surface area (Å²) in [7, 11) is 0. The van der Waals surface area contributed by atoms with Gasteiger partial charge >= 0.3 is 0 Å². The van der Waals surface area contributed by atoms with E-state index < -0.39 is 5.91 Å². The summed E-state index contributed by atoms with van der Waals surface area (Å²) in [4.78, 5) is 24.2. The minimum atomic E-state index is -0.488. The maximum atomic E-state index is 12.4. The van der Waals surface area contributed by atoms with Crippen molar-refractivity contribution in [2.75, 3.05) is 6.61 Å². The van der Waals surface area contributed by atoms with Crippen molar-refractivity contribution in [3.63, 3.8) is 0 Å². The summed E-state index contributed by atoms with van der Waals surface area (Å²) in [5, 5.41) is 4.51. The van der Waals surface area contributed by atoms with Crippen molar-refractivity contribution in [1.82, 2.24) is 5.43 Å². The first-order valence-electron chi connectivity index (χ1n) is 7.55. The Kier molecular flexibility index (Phi) is 6.15. The number of carbonyl (C=O) groups excluding carboxylic acids is 1. The van der Waals surface area contributed by atoms with Gasteiger partial charge in [0.25, 0.3) is 5.91 Å². The summed E-state index contributed by atoms with van der Waals surface area (Å²) in [6.07, 6.45) is 2.38. The summed E-state index contributed by atoms with van der Waals surface area (Å²) < 4.78 is 11.5. The van der Waals surface area contributed by atoms with Gasteiger partial charge in [-0.05, 0) is 40.2 Å². The zero-order chi connectivity index (χ0) is 19.4. The first-order chi connectivity index (χ1) is 13.0. The second-order valence-electron chi connectivity index (χ2n) is 5.30. The van der Waals surface area contributed by atoms with Crippen LogP contribution in [0.2, 0.25) is 10.0 Å². The molecule has 0 atom stereocenters. The molecule has 2 aromatic carbocycles. The predicted octanol–water partition coefficient (Wildman–Crippen LogP) is 4.39. The summed E-state index contributed by atoms with van der Waals surface area (Å²) in [5.74, 6) is 0.0406. The number of ether oxygens (including phenoxy) is 1. The van der Waals surface area contributed by atoms with Crippen molar-refractivity contribution in [2.45, 2.75) is 0 Å². The predicted molar refractivity (Wildman–Crippen MR) is 108 cm³/mol. The Morgan fingerprint density at radius 2 is 2.07 bits per heavy atom. The number of hydrogen-bond donors (Lipinski definition) is 1. The summed E-state index contributed by atoms with van der Waals surface area (Å²) in [5.41, 5.74) is 2.27. The van der Waals surface area contributed by atoms with Gasteiger partial charge in [0.2, 0.25) is 5.43 Å². The van der Waals surface area contributed by atoms with Gasteiger partial charge in [-0.15, -0.1) is 0 Å². The third-order valence-corrected chi connectivity index (χ3v) is 4.56. The van der Waals surface area contributed by atoms with Crippen molar-refractivity contribution < 1.29 is 13.9 Å². The Balaban J connectivity index is 1.67. The molecular weight excluding hydrogens is 459 g/mol. The van der Waals surface area contributed by atoms with E-state index >= 15 is 0 Å². The highest BCUT2D eigenvalue weighted by molar-refractivity contribution is 9.10. The number of hydrogen-bond acceptors (Lipinski definition) is 5. The number of hydrazone groups is 1. The average molecular weight is 470 g/mol. The lowest BCUT2D eigenvalue weighted by Crippen LogP contribution is -2.25. The van der Waals surface area contributed by atoms with Crippen LogP contribution in [0, 0.1) is 0 Å². The molecule has 6 nitrogen and oxygen atoms in total. The highest BCUT2D eigenvalue weighted by atomic mass is 79.9. The summed E-state index contributed by atoms with van der Waals surface area (Å²) >= 11 is 15.2. The van der Waals surface area contributed by atoms with E-state index in [9.17, 15) is 9.59 Å². The van der Waals surface area contributed by atoms with E-state index in [0.717, 1.165) is 4.47 Å². The molecule has 0 radical (unpaired) electrons. The highest BCUT2D eigenvalue weighted by Gasteiger charge is 2.10. The van der Waals surface area contributed by atoms with Gasteiger partial charge in [-0.1, -0.05) is 35.3 Å². The number of fused-ring (bicyclic) bond motifs is 1. The first kappa shape index (κ1) is 19.4. The normalized spacial score (nSPS) is 11.1. The van der Waals surface area contributed by atoms with E-state index in [1.807, 2.05) is 6.07 Å². The lowest BCUT2D eigenvalue weighted by atomic mass is 10.2. The molecule has 0 spiro atoms. The van der Waals surface area contributed by atoms with Crippen LogP contribution >= 0.6 is 39.1 Å². The highest BCUT2D eigenvalue weighted by Crippen LogP contribution is 2.26. The SMILES string of the molecule is O=C(COc1ccccc1Br)NN=Cc1coc2c(Cl)cc(Cl)cc2c1=O. The van der Waals surface area contributed by atoms with Gasteiger partial charge in [-0.2, -0.15) is 5.10 Å². The molecule has 9 heteroatoms.